The Bertz CT molecular complexity index is 538. The van der Waals surface area contributed by atoms with E-state index in [0.717, 1.165) is 51.4 Å². The van der Waals surface area contributed by atoms with Gasteiger partial charge in [0.1, 0.15) is 5.60 Å². The van der Waals surface area contributed by atoms with Crippen molar-refractivity contribution in [3.63, 3.8) is 0 Å². The first-order valence-corrected chi connectivity index (χ1v) is 12.1. The van der Waals surface area contributed by atoms with Crippen molar-refractivity contribution in [3.8, 4) is 0 Å². The molecule has 7 heteroatoms. The number of piperidine rings is 2. The molecular weight excluding hydrogens is 378 g/mol. The monoisotopic (exact) mass is 423 g/mol. The van der Waals surface area contributed by atoms with E-state index in [1.807, 2.05) is 25.7 Å². The summed E-state index contributed by atoms with van der Waals surface area (Å²) < 4.78 is 5.54. The second kappa shape index (κ2) is 12.4. The fourth-order valence-corrected chi connectivity index (χ4v) is 4.28. The fourth-order valence-electron chi connectivity index (χ4n) is 4.28. The number of carbonyl (C=O) groups is 1. The number of nitrogens with zero attached hydrogens (tertiary/aromatic N) is 3. The van der Waals surface area contributed by atoms with E-state index >= 15 is 0 Å². The first-order valence-electron chi connectivity index (χ1n) is 12.1. The molecule has 0 aromatic carbocycles. The molecule has 174 valence electrons. The summed E-state index contributed by atoms with van der Waals surface area (Å²) >= 11 is 0. The molecule has 0 aromatic rings. The van der Waals surface area contributed by atoms with Gasteiger partial charge in [0, 0.05) is 45.3 Å². The molecule has 0 aliphatic carbocycles. The summed E-state index contributed by atoms with van der Waals surface area (Å²) in [6.45, 7) is 16.9. The molecule has 2 heterocycles. The number of carbonyl (C=O) groups excluding carboxylic acids is 1. The molecule has 2 aliphatic rings. The van der Waals surface area contributed by atoms with Gasteiger partial charge in [-0.3, -0.25) is 4.99 Å². The van der Waals surface area contributed by atoms with E-state index in [4.69, 9.17) is 9.73 Å². The van der Waals surface area contributed by atoms with Crippen LogP contribution in [0, 0.1) is 5.92 Å². The van der Waals surface area contributed by atoms with Gasteiger partial charge in [-0.1, -0.05) is 6.92 Å². The van der Waals surface area contributed by atoms with Crippen molar-refractivity contribution in [3.05, 3.63) is 0 Å². The average molecular weight is 424 g/mol. The van der Waals surface area contributed by atoms with E-state index < -0.39 is 5.60 Å². The molecule has 1 amide bonds. The van der Waals surface area contributed by atoms with Gasteiger partial charge in [-0.2, -0.15) is 0 Å². The Morgan fingerprint density at radius 1 is 1.13 bits per heavy atom. The molecule has 2 fully saturated rings. The van der Waals surface area contributed by atoms with Crippen molar-refractivity contribution >= 4 is 12.1 Å². The van der Waals surface area contributed by atoms with E-state index in [9.17, 15) is 4.79 Å². The third-order valence-corrected chi connectivity index (χ3v) is 5.79. The van der Waals surface area contributed by atoms with E-state index in [0.29, 0.717) is 12.0 Å². The molecule has 0 spiro atoms. The number of nitrogens with one attached hydrogen (secondary N) is 2. The van der Waals surface area contributed by atoms with Crippen LogP contribution in [0.3, 0.4) is 0 Å². The number of hydrogen-bond donors (Lipinski definition) is 2. The SMILES string of the molecule is CCCN1CCC(NC(=NCCC2CCCN(C(=O)OC(C)(C)C)C2)NCC)CC1. The summed E-state index contributed by atoms with van der Waals surface area (Å²) in [6, 6.07) is 0.508. The first kappa shape index (κ1) is 24.8. The van der Waals surface area contributed by atoms with Crippen LogP contribution >= 0.6 is 0 Å². The quantitative estimate of drug-likeness (QED) is 0.485. The Hall–Kier alpha value is -1.50. The van der Waals surface area contributed by atoms with Crippen LogP contribution in [-0.4, -0.2) is 79.3 Å². The molecule has 2 rings (SSSR count). The lowest BCUT2D eigenvalue weighted by molar-refractivity contribution is 0.0163. The van der Waals surface area contributed by atoms with Gasteiger partial charge in [-0.05, 0) is 78.7 Å². The molecular formula is C23H45N5O2. The molecule has 1 unspecified atom stereocenters. The van der Waals surface area contributed by atoms with Crippen LogP contribution in [0.5, 0.6) is 0 Å². The van der Waals surface area contributed by atoms with E-state index in [-0.39, 0.29) is 6.09 Å². The van der Waals surface area contributed by atoms with Crippen molar-refractivity contribution in [2.45, 2.75) is 84.8 Å². The summed E-state index contributed by atoms with van der Waals surface area (Å²) in [7, 11) is 0. The number of amides is 1. The number of likely N-dealkylation sites (tertiary alicyclic amines) is 2. The standard InChI is InChI=1S/C23H45N5O2/c1-6-14-27-16-11-20(12-17-27)26-21(24-7-2)25-13-10-19-9-8-15-28(18-19)22(29)30-23(3,4)5/h19-20H,6-18H2,1-5H3,(H2,24,25,26). The highest BCUT2D eigenvalue weighted by molar-refractivity contribution is 5.80. The zero-order valence-corrected chi connectivity index (χ0v) is 20.0. The van der Waals surface area contributed by atoms with Gasteiger partial charge in [0.2, 0.25) is 0 Å². The highest BCUT2D eigenvalue weighted by Crippen LogP contribution is 2.21. The van der Waals surface area contributed by atoms with Crippen molar-refractivity contribution in [2.75, 3.05) is 45.8 Å². The third-order valence-electron chi connectivity index (χ3n) is 5.79. The maximum absolute atomic E-state index is 12.4. The molecule has 1 atom stereocenters. The normalized spacial score (nSPS) is 22.1. The summed E-state index contributed by atoms with van der Waals surface area (Å²) in [5.41, 5.74) is -0.437. The molecule has 0 bridgehead atoms. The van der Waals surface area contributed by atoms with Crippen molar-refractivity contribution in [1.82, 2.24) is 20.4 Å². The van der Waals surface area contributed by atoms with Gasteiger partial charge in [-0.25, -0.2) is 4.79 Å². The molecule has 30 heavy (non-hydrogen) atoms. The summed E-state index contributed by atoms with van der Waals surface area (Å²) in [6.07, 6.45) is 6.62. The van der Waals surface area contributed by atoms with Gasteiger partial charge < -0.3 is 25.2 Å². The lowest BCUT2D eigenvalue weighted by atomic mass is 9.95. The van der Waals surface area contributed by atoms with Gasteiger partial charge in [0.05, 0.1) is 0 Å². The van der Waals surface area contributed by atoms with Gasteiger partial charge in [-0.15, -0.1) is 0 Å². The molecule has 0 aromatic heterocycles. The highest BCUT2D eigenvalue weighted by atomic mass is 16.6. The summed E-state index contributed by atoms with van der Waals surface area (Å²) in [4.78, 5) is 21.6. The number of hydrogen-bond acceptors (Lipinski definition) is 4. The van der Waals surface area contributed by atoms with Crippen LogP contribution in [0.1, 0.15) is 73.1 Å². The number of guanidine groups is 1. The van der Waals surface area contributed by atoms with Crippen LogP contribution in [0.4, 0.5) is 4.79 Å². The molecule has 2 aliphatic heterocycles. The Balaban J connectivity index is 1.77. The molecule has 0 radical (unpaired) electrons. The largest absolute Gasteiger partial charge is 0.444 e. The lowest BCUT2D eigenvalue weighted by Crippen LogP contribution is -2.48. The second-order valence-corrected chi connectivity index (χ2v) is 9.74. The molecule has 0 saturated carbocycles. The molecule has 2 N–H and O–H groups in total. The minimum atomic E-state index is -0.437. The first-order chi connectivity index (χ1) is 14.3. The van der Waals surface area contributed by atoms with E-state index in [2.05, 4.69) is 29.4 Å². The Morgan fingerprint density at radius 2 is 1.87 bits per heavy atom. The lowest BCUT2D eigenvalue weighted by Gasteiger charge is -2.34. The second-order valence-electron chi connectivity index (χ2n) is 9.74. The minimum Gasteiger partial charge on any atom is -0.444 e. The number of aliphatic imine (C=N–C) groups is 1. The predicted molar refractivity (Wildman–Crippen MR) is 124 cm³/mol. The van der Waals surface area contributed by atoms with Crippen molar-refractivity contribution in [2.24, 2.45) is 10.9 Å². The number of ether oxygens (including phenoxy) is 1. The Labute approximate surface area is 184 Å². The van der Waals surface area contributed by atoms with Crippen LogP contribution in [0.15, 0.2) is 4.99 Å². The smallest absolute Gasteiger partial charge is 0.410 e. The minimum absolute atomic E-state index is 0.180. The zero-order valence-electron chi connectivity index (χ0n) is 20.0. The van der Waals surface area contributed by atoms with Crippen LogP contribution < -0.4 is 10.6 Å². The van der Waals surface area contributed by atoms with E-state index in [1.54, 1.807) is 0 Å². The zero-order chi connectivity index (χ0) is 22.0. The molecule has 7 nitrogen and oxygen atoms in total. The topological polar surface area (TPSA) is 69.2 Å². The Morgan fingerprint density at radius 3 is 2.50 bits per heavy atom. The van der Waals surface area contributed by atoms with Crippen molar-refractivity contribution in [1.29, 1.82) is 0 Å². The number of rotatable bonds is 7. The molecule has 2 saturated heterocycles. The van der Waals surface area contributed by atoms with Crippen LogP contribution in [0.2, 0.25) is 0 Å². The van der Waals surface area contributed by atoms with Crippen LogP contribution in [0.25, 0.3) is 0 Å². The van der Waals surface area contributed by atoms with E-state index in [1.165, 1.54) is 38.9 Å². The van der Waals surface area contributed by atoms with Gasteiger partial charge >= 0.3 is 6.09 Å². The van der Waals surface area contributed by atoms with Gasteiger partial charge in [0.25, 0.3) is 0 Å². The summed E-state index contributed by atoms with van der Waals surface area (Å²) in [5, 5.41) is 7.04. The van der Waals surface area contributed by atoms with Crippen LogP contribution in [-0.2, 0) is 4.74 Å². The van der Waals surface area contributed by atoms with Crippen molar-refractivity contribution < 1.29 is 9.53 Å². The third kappa shape index (κ3) is 9.11. The maximum atomic E-state index is 12.4. The average Bonchev–Trinajstić information content (AvgIpc) is 2.69. The van der Waals surface area contributed by atoms with Gasteiger partial charge in [0.15, 0.2) is 5.96 Å². The highest BCUT2D eigenvalue weighted by Gasteiger charge is 2.27. The fraction of sp³-hybridized carbons (Fsp3) is 0.913. The maximum Gasteiger partial charge on any atom is 0.410 e. The Kier molecular flexibility index (Phi) is 10.2. The predicted octanol–water partition coefficient (Wildman–Crippen LogP) is 3.45. The summed E-state index contributed by atoms with van der Waals surface area (Å²) in [5.74, 6) is 1.43.